The predicted octanol–water partition coefficient (Wildman–Crippen LogP) is 2.80. The second-order valence-electron chi connectivity index (χ2n) is 10.3. The van der Waals surface area contributed by atoms with Crippen LogP contribution in [0.25, 0.3) is 0 Å². The highest BCUT2D eigenvalue weighted by atomic mass is 35.5. The van der Waals surface area contributed by atoms with Gasteiger partial charge in [-0.15, -0.1) is 11.6 Å². The van der Waals surface area contributed by atoms with Gasteiger partial charge in [-0.1, -0.05) is 48.5 Å². The number of sulfonamides is 2. The summed E-state index contributed by atoms with van der Waals surface area (Å²) < 4.78 is 59.4. The first-order valence-corrected chi connectivity index (χ1v) is 17.0. The molecule has 1 fully saturated rings. The fourth-order valence-corrected chi connectivity index (χ4v) is 8.07. The summed E-state index contributed by atoms with van der Waals surface area (Å²) >= 11 is 5.74. The van der Waals surface area contributed by atoms with E-state index in [2.05, 4.69) is 0 Å². The van der Waals surface area contributed by atoms with Crippen LogP contribution in [0.2, 0.25) is 0 Å². The molecule has 0 saturated carbocycles. The number of likely N-dealkylation sites (tertiary alicyclic amines) is 1. The molecule has 0 aliphatic carbocycles. The van der Waals surface area contributed by atoms with Crippen LogP contribution in [0.1, 0.15) is 30.4 Å². The summed E-state index contributed by atoms with van der Waals surface area (Å²) in [6.07, 6.45) is 2.63. The van der Waals surface area contributed by atoms with Crippen molar-refractivity contribution in [3.63, 3.8) is 0 Å². The van der Waals surface area contributed by atoms with Crippen LogP contribution in [-0.4, -0.2) is 89.2 Å². The fourth-order valence-electron chi connectivity index (χ4n) is 5.44. The molecule has 0 bridgehead atoms. The molecule has 1 spiro atoms. The monoisotopic (exact) mass is 597 g/mol. The third-order valence-electron chi connectivity index (χ3n) is 7.71. The van der Waals surface area contributed by atoms with E-state index in [0.717, 1.165) is 15.4 Å². The van der Waals surface area contributed by atoms with Crippen molar-refractivity contribution in [1.82, 2.24) is 9.21 Å². The Labute approximate surface area is 236 Å². The van der Waals surface area contributed by atoms with E-state index in [9.17, 15) is 21.6 Å². The zero-order valence-electron chi connectivity index (χ0n) is 22.3. The number of ether oxygens (including phenoxy) is 1. The predicted molar refractivity (Wildman–Crippen MR) is 153 cm³/mol. The summed E-state index contributed by atoms with van der Waals surface area (Å²) in [6, 6.07) is 16.0. The molecule has 2 aromatic carbocycles. The Kier molecular flexibility index (Phi) is 9.27. The number of piperidine rings is 1. The van der Waals surface area contributed by atoms with E-state index in [0.29, 0.717) is 38.2 Å². The minimum Gasteiger partial charge on any atom is -0.375 e. The van der Waals surface area contributed by atoms with Gasteiger partial charge >= 0.3 is 0 Å². The molecule has 0 unspecified atom stereocenters. The van der Waals surface area contributed by atoms with Gasteiger partial charge in [-0.05, 0) is 36.5 Å². The van der Waals surface area contributed by atoms with Crippen molar-refractivity contribution in [2.75, 3.05) is 55.5 Å². The molecule has 1 amide bonds. The van der Waals surface area contributed by atoms with Crippen LogP contribution in [0.3, 0.4) is 0 Å². The highest BCUT2D eigenvalue weighted by molar-refractivity contribution is 7.92. The number of benzene rings is 2. The fraction of sp³-hybridized carbons (Fsp3) is 0.519. The van der Waals surface area contributed by atoms with Crippen molar-refractivity contribution < 1.29 is 26.4 Å². The van der Waals surface area contributed by atoms with E-state index in [1.807, 2.05) is 54.6 Å². The average molecular weight is 598 g/mol. The van der Waals surface area contributed by atoms with Gasteiger partial charge in [0.15, 0.2) is 0 Å². The van der Waals surface area contributed by atoms with Crippen molar-refractivity contribution in [1.29, 1.82) is 0 Å². The number of halogens is 1. The number of rotatable bonds is 11. The smallest absolute Gasteiger partial charge is 0.243 e. The molecule has 1 saturated heterocycles. The normalized spacial score (nSPS) is 17.9. The third-order valence-corrected chi connectivity index (χ3v) is 11.0. The molecule has 2 aromatic rings. The van der Waals surface area contributed by atoms with Gasteiger partial charge in [0.1, 0.15) is 6.04 Å². The summed E-state index contributed by atoms with van der Waals surface area (Å²) in [5.74, 6) is -0.270. The molecule has 4 rings (SSSR count). The second-order valence-corrected chi connectivity index (χ2v) is 14.7. The minimum atomic E-state index is -3.74. The van der Waals surface area contributed by atoms with Gasteiger partial charge in [-0.25, -0.2) is 16.8 Å². The van der Waals surface area contributed by atoms with Gasteiger partial charge in [-0.3, -0.25) is 9.10 Å². The third kappa shape index (κ3) is 6.59. The number of nitrogens with zero attached hydrogens (tertiary/aromatic N) is 3. The molecule has 2 aliphatic heterocycles. The van der Waals surface area contributed by atoms with Crippen molar-refractivity contribution in [3.8, 4) is 0 Å². The number of para-hydroxylation sites is 1. The van der Waals surface area contributed by atoms with Crippen LogP contribution in [0.5, 0.6) is 0 Å². The first-order chi connectivity index (χ1) is 18.5. The molecule has 2 aliphatic rings. The Bertz CT molecular complexity index is 1360. The number of alkyl halides is 1. The van der Waals surface area contributed by atoms with Crippen molar-refractivity contribution in [2.24, 2.45) is 0 Å². The lowest BCUT2D eigenvalue weighted by atomic mass is 9.74. The van der Waals surface area contributed by atoms with E-state index >= 15 is 0 Å². The lowest BCUT2D eigenvalue weighted by Gasteiger charge is -2.41. The molecule has 39 heavy (non-hydrogen) atoms. The number of fused-ring (bicyclic) bond motifs is 2. The summed E-state index contributed by atoms with van der Waals surface area (Å²) in [4.78, 5) is 15.5. The molecule has 0 aromatic heterocycles. The number of carbonyl (C=O) groups excluding carboxylic acids is 1. The van der Waals surface area contributed by atoms with Gasteiger partial charge in [-0.2, -0.15) is 4.31 Å². The largest absolute Gasteiger partial charge is 0.375 e. The molecule has 9 nitrogen and oxygen atoms in total. The SMILES string of the molecule is CN([C@H](COCc1ccccc1)C(=O)N1CCC2(CC1)CN(S(C)(=O)=O)c1ccccc12)S(=O)(=O)CCCCl. The Morgan fingerprint density at radius 2 is 1.69 bits per heavy atom. The zero-order chi connectivity index (χ0) is 28.3. The number of likely N-dealkylation sites (N-methyl/N-ethyl adjacent to an activating group) is 1. The summed E-state index contributed by atoms with van der Waals surface area (Å²) in [6.45, 7) is 1.27. The zero-order valence-corrected chi connectivity index (χ0v) is 24.7. The first-order valence-electron chi connectivity index (χ1n) is 13.0. The van der Waals surface area contributed by atoms with Crippen molar-refractivity contribution in [3.05, 3.63) is 65.7 Å². The van der Waals surface area contributed by atoms with E-state index < -0.39 is 31.5 Å². The number of amides is 1. The molecule has 214 valence electrons. The van der Waals surface area contributed by atoms with E-state index in [1.54, 1.807) is 4.90 Å². The van der Waals surface area contributed by atoms with Gasteiger partial charge in [0, 0.05) is 38.0 Å². The van der Waals surface area contributed by atoms with Crippen LogP contribution in [-0.2, 0) is 41.6 Å². The van der Waals surface area contributed by atoms with E-state index in [4.69, 9.17) is 16.3 Å². The molecular formula is C27H36ClN3O6S2. The van der Waals surface area contributed by atoms with Gasteiger partial charge in [0.05, 0.1) is 30.9 Å². The standard InChI is InChI=1S/C27H36ClN3O6S2/c1-29(39(35,36)18-8-15-28)25(20-37-19-22-9-4-3-5-10-22)26(32)30-16-13-27(14-17-30)21-31(38(2,33)34)24-12-7-6-11-23(24)27/h3-7,9-12,25H,8,13-21H2,1-2H3/t25-/m1/s1. The quantitative estimate of drug-likeness (QED) is 0.369. The lowest BCUT2D eigenvalue weighted by Crippen LogP contribution is -2.55. The summed E-state index contributed by atoms with van der Waals surface area (Å²) in [5, 5.41) is 0. The average Bonchev–Trinajstić information content (AvgIpc) is 3.25. The molecule has 12 heteroatoms. The topological polar surface area (TPSA) is 104 Å². The molecule has 2 heterocycles. The Hall–Kier alpha value is -2.18. The van der Waals surface area contributed by atoms with Crippen molar-refractivity contribution >= 4 is 43.2 Å². The maximum atomic E-state index is 13.8. The number of hydrogen-bond acceptors (Lipinski definition) is 6. The molecule has 1 atom stereocenters. The molecule has 0 N–H and O–H groups in total. The number of hydrogen-bond donors (Lipinski definition) is 0. The summed E-state index contributed by atoms with van der Waals surface area (Å²) in [7, 11) is -5.77. The Morgan fingerprint density at radius 1 is 1.05 bits per heavy atom. The van der Waals surface area contributed by atoms with Crippen LogP contribution in [0.15, 0.2) is 54.6 Å². The van der Waals surface area contributed by atoms with Gasteiger partial charge < -0.3 is 9.64 Å². The Balaban J connectivity index is 1.50. The highest BCUT2D eigenvalue weighted by Gasteiger charge is 2.48. The first kappa shape index (κ1) is 29.8. The molecular weight excluding hydrogens is 562 g/mol. The van der Waals surface area contributed by atoms with Crippen LogP contribution >= 0.6 is 11.6 Å². The number of anilines is 1. The van der Waals surface area contributed by atoms with Crippen LogP contribution in [0, 0.1) is 0 Å². The van der Waals surface area contributed by atoms with Gasteiger partial charge in [0.25, 0.3) is 0 Å². The number of carbonyl (C=O) groups is 1. The van der Waals surface area contributed by atoms with Crippen LogP contribution in [0.4, 0.5) is 5.69 Å². The van der Waals surface area contributed by atoms with Crippen molar-refractivity contribution in [2.45, 2.75) is 37.3 Å². The minimum absolute atomic E-state index is 0.0866. The lowest BCUT2D eigenvalue weighted by molar-refractivity contribution is -0.138. The van der Waals surface area contributed by atoms with Crippen LogP contribution < -0.4 is 4.31 Å². The highest BCUT2D eigenvalue weighted by Crippen LogP contribution is 2.47. The Morgan fingerprint density at radius 3 is 2.33 bits per heavy atom. The second kappa shape index (κ2) is 12.1. The van der Waals surface area contributed by atoms with E-state index in [-0.39, 0.29) is 37.2 Å². The maximum absolute atomic E-state index is 13.8. The maximum Gasteiger partial charge on any atom is 0.243 e. The van der Waals surface area contributed by atoms with E-state index in [1.165, 1.54) is 17.6 Å². The van der Waals surface area contributed by atoms with Gasteiger partial charge in [0.2, 0.25) is 26.0 Å². The molecule has 0 radical (unpaired) electrons. The summed E-state index contributed by atoms with van der Waals surface area (Å²) in [5.41, 5.74) is 2.20.